The van der Waals surface area contributed by atoms with Crippen molar-refractivity contribution in [1.29, 1.82) is 0 Å². The zero-order valence-electron chi connectivity index (χ0n) is 10.4. The van der Waals surface area contributed by atoms with E-state index < -0.39 is 5.60 Å². The lowest BCUT2D eigenvalue weighted by Crippen LogP contribution is -2.41. The molecule has 0 fully saturated rings. The summed E-state index contributed by atoms with van der Waals surface area (Å²) in [5, 5.41) is 0. The molecule has 0 spiro atoms. The van der Waals surface area contributed by atoms with E-state index in [-0.39, 0.29) is 6.09 Å². The van der Waals surface area contributed by atoms with Gasteiger partial charge in [-0.25, -0.2) is 4.79 Å². The molecular weight excluding hydrogens is 284 g/mol. The van der Waals surface area contributed by atoms with Crippen LogP contribution in [0, 0.1) is 0 Å². The molecule has 0 unspecified atom stereocenters. The third-order valence-corrected chi connectivity index (χ3v) is 3.31. The second-order valence-corrected chi connectivity index (χ2v) is 6.01. The first-order chi connectivity index (χ1) is 7.87. The topological polar surface area (TPSA) is 34.5 Å². The third-order valence-electron chi connectivity index (χ3n) is 2.62. The van der Waals surface area contributed by atoms with Crippen molar-refractivity contribution in [2.24, 2.45) is 0 Å². The summed E-state index contributed by atoms with van der Waals surface area (Å²) in [7, 11) is 0. The van der Waals surface area contributed by atoms with E-state index in [4.69, 9.17) is 4.74 Å². The second kappa shape index (κ2) is 4.37. The molecule has 1 aromatic heterocycles. The number of nitrogens with zero attached hydrogens (tertiary/aromatic N) is 2. The van der Waals surface area contributed by atoms with Gasteiger partial charge in [0.15, 0.2) is 0 Å². The van der Waals surface area contributed by atoms with Gasteiger partial charge in [-0.1, -0.05) is 0 Å². The number of aromatic nitrogens is 1. The van der Waals surface area contributed by atoms with Crippen molar-refractivity contribution in [3.05, 3.63) is 22.4 Å². The Hall–Kier alpha value is -0.970. The molecule has 0 radical (unpaired) electrons. The molecule has 2 heterocycles. The van der Waals surface area contributed by atoms with Crippen LogP contribution in [0.3, 0.4) is 0 Å². The molecule has 17 heavy (non-hydrogen) atoms. The fourth-order valence-electron chi connectivity index (χ4n) is 1.85. The molecule has 94 valence electrons. The molecule has 0 saturated carbocycles. The minimum Gasteiger partial charge on any atom is -0.444 e. The Bertz CT molecular complexity index is 434. The molecular formula is C12H17BrN2O2. The fourth-order valence-corrected chi connectivity index (χ4v) is 2.39. The number of halogens is 1. The molecule has 1 aliphatic rings. The van der Waals surface area contributed by atoms with E-state index in [1.54, 1.807) is 4.90 Å². The molecule has 0 bridgehead atoms. The van der Waals surface area contributed by atoms with Gasteiger partial charge in [0.05, 0.1) is 11.1 Å². The van der Waals surface area contributed by atoms with Crippen LogP contribution in [0.15, 0.2) is 16.7 Å². The van der Waals surface area contributed by atoms with Crippen molar-refractivity contribution >= 4 is 22.0 Å². The van der Waals surface area contributed by atoms with E-state index in [0.29, 0.717) is 13.1 Å². The van der Waals surface area contributed by atoms with E-state index in [1.165, 1.54) is 0 Å². The van der Waals surface area contributed by atoms with Gasteiger partial charge in [-0.05, 0) is 48.8 Å². The summed E-state index contributed by atoms with van der Waals surface area (Å²) in [6.07, 6.45) is -0.235. The van der Waals surface area contributed by atoms with Crippen LogP contribution in [0.25, 0.3) is 0 Å². The van der Waals surface area contributed by atoms with Gasteiger partial charge in [0, 0.05) is 18.8 Å². The molecule has 0 saturated heterocycles. The van der Waals surface area contributed by atoms with E-state index >= 15 is 0 Å². The van der Waals surface area contributed by atoms with Crippen LogP contribution in [0.1, 0.15) is 26.5 Å². The summed E-state index contributed by atoms with van der Waals surface area (Å²) >= 11 is 3.49. The molecule has 0 aliphatic carbocycles. The van der Waals surface area contributed by atoms with Crippen molar-refractivity contribution < 1.29 is 9.53 Å². The number of hydrogen-bond acceptors (Lipinski definition) is 2. The monoisotopic (exact) mass is 300 g/mol. The van der Waals surface area contributed by atoms with Crippen LogP contribution in [-0.2, 0) is 17.8 Å². The van der Waals surface area contributed by atoms with E-state index in [9.17, 15) is 4.79 Å². The zero-order chi connectivity index (χ0) is 12.6. The van der Waals surface area contributed by atoms with E-state index in [2.05, 4.69) is 20.5 Å². The first-order valence-electron chi connectivity index (χ1n) is 5.69. The lowest BCUT2D eigenvalue weighted by molar-refractivity contribution is 0.0198. The van der Waals surface area contributed by atoms with Crippen molar-refractivity contribution in [3.63, 3.8) is 0 Å². The Labute approximate surface area is 110 Å². The highest BCUT2D eigenvalue weighted by Crippen LogP contribution is 2.22. The molecule has 0 N–H and O–H groups in total. The normalized spacial score (nSPS) is 15.6. The standard InChI is InChI=1S/C12H17BrN2O2/c1-12(2,3)17-11(16)14-6-7-15-9(8-14)4-5-10(15)13/h4-5H,6-8H2,1-3H3. The van der Waals surface area contributed by atoms with Crippen LogP contribution < -0.4 is 0 Å². The largest absolute Gasteiger partial charge is 0.444 e. The molecule has 0 aromatic carbocycles. The maximum absolute atomic E-state index is 11.9. The lowest BCUT2D eigenvalue weighted by Gasteiger charge is -2.31. The number of fused-ring (bicyclic) bond motifs is 1. The van der Waals surface area contributed by atoms with Crippen LogP contribution in [-0.4, -0.2) is 27.7 Å². The molecule has 5 heteroatoms. The number of carbonyl (C=O) groups excluding carboxylic acids is 1. The van der Waals surface area contributed by atoms with Gasteiger partial charge in [-0.15, -0.1) is 0 Å². The Morgan fingerprint density at radius 2 is 2.06 bits per heavy atom. The molecule has 1 aliphatic heterocycles. The van der Waals surface area contributed by atoms with Crippen molar-refractivity contribution in [2.75, 3.05) is 6.54 Å². The smallest absolute Gasteiger partial charge is 0.410 e. The SMILES string of the molecule is CC(C)(C)OC(=O)N1CCn2c(Br)ccc2C1. The van der Waals surface area contributed by atoms with Gasteiger partial charge >= 0.3 is 6.09 Å². The minimum absolute atomic E-state index is 0.235. The van der Waals surface area contributed by atoms with E-state index in [1.807, 2.05) is 32.9 Å². The lowest BCUT2D eigenvalue weighted by atomic mass is 10.2. The molecule has 0 atom stereocenters. The zero-order valence-corrected chi connectivity index (χ0v) is 12.0. The molecule has 1 amide bonds. The van der Waals surface area contributed by atoms with Gasteiger partial charge in [-0.2, -0.15) is 0 Å². The minimum atomic E-state index is -0.433. The molecule has 4 nitrogen and oxygen atoms in total. The summed E-state index contributed by atoms with van der Waals surface area (Å²) < 4.78 is 8.60. The number of amides is 1. The maximum atomic E-state index is 11.9. The van der Waals surface area contributed by atoms with Crippen molar-refractivity contribution in [2.45, 2.75) is 39.5 Å². The maximum Gasteiger partial charge on any atom is 0.410 e. The van der Waals surface area contributed by atoms with E-state index in [0.717, 1.165) is 16.8 Å². The van der Waals surface area contributed by atoms with Crippen molar-refractivity contribution in [3.8, 4) is 0 Å². The van der Waals surface area contributed by atoms with Crippen LogP contribution in [0.4, 0.5) is 4.79 Å². The quantitative estimate of drug-likeness (QED) is 0.738. The summed E-state index contributed by atoms with van der Waals surface area (Å²) in [6, 6.07) is 4.04. The molecule has 2 rings (SSSR count). The number of carbonyl (C=O) groups is 1. The van der Waals surface area contributed by atoms with Crippen LogP contribution in [0.5, 0.6) is 0 Å². The van der Waals surface area contributed by atoms with Gasteiger partial charge in [0.25, 0.3) is 0 Å². The first-order valence-corrected chi connectivity index (χ1v) is 6.48. The average molecular weight is 301 g/mol. The van der Waals surface area contributed by atoms with Crippen LogP contribution >= 0.6 is 15.9 Å². The number of hydrogen-bond donors (Lipinski definition) is 0. The van der Waals surface area contributed by atoms with Crippen LogP contribution in [0.2, 0.25) is 0 Å². The highest BCUT2D eigenvalue weighted by atomic mass is 79.9. The van der Waals surface area contributed by atoms with Gasteiger partial charge in [-0.3, -0.25) is 0 Å². The Balaban J connectivity index is 2.05. The van der Waals surface area contributed by atoms with Gasteiger partial charge in [0.1, 0.15) is 5.60 Å². The Kier molecular flexibility index (Phi) is 3.21. The summed E-state index contributed by atoms with van der Waals surface area (Å²) in [4.78, 5) is 13.7. The van der Waals surface area contributed by atoms with Crippen molar-refractivity contribution in [1.82, 2.24) is 9.47 Å². The molecule has 1 aromatic rings. The van der Waals surface area contributed by atoms with Gasteiger partial charge in [0.2, 0.25) is 0 Å². The first kappa shape index (κ1) is 12.5. The number of rotatable bonds is 0. The Morgan fingerprint density at radius 1 is 1.35 bits per heavy atom. The second-order valence-electron chi connectivity index (χ2n) is 5.20. The number of ether oxygens (including phenoxy) is 1. The Morgan fingerprint density at radius 3 is 2.71 bits per heavy atom. The third kappa shape index (κ3) is 2.83. The summed E-state index contributed by atoms with van der Waals surface area (Å²) in [6.45, 7) is 7.76. The average Bonchev–Trinajstić information content (AvgIpc) is 2.57. The highest BCUT2D eigenvalue weighted by molar-refractivity contribution is 9.10. The predicted octanol–water partition coefficient (Wildman–Crippen LogP) is 3.00. The highest BCUT2D eigenvalue weighted by Gasteiger charge is 2.26. The summed E-state index contributed by atoms with van der Waals surface area (Å²) in [5.74, 6) is 0. The summed E-state index contributed by atoms with van der Waals surface area (Å²) in [5.41, 5.74) is 0.700. The fraction of sp³-hybridized carbons (Fsp3) is 0.583. The van der Waals surface area contributed by atoms with Gasteiger partial charge < -0.3 is 14.2 Å². The predicted molar refractivity (Wildman–Crippen MR) is 68.8 cm³/mol.